The molecule has 0 unspecified atom stereocenters. The number of nitrogens with zero attached hydrogens (tertiary/aromatic N) is 1. The molecule has 2 aliphatic rings. The van der Waals surface area contributed by atoms with Crippen LogP contribution >= 0.6 is 11.6 Å². The molecule has 4 nitrogen and oxygen atoms in total. The second-order valence-electron chi connectivity index (χ2n) is 6.71. The summed E-state index contributed by atoms with van der Waals surface area (Å²) in [5.74, 6) is -0.413. The highest BCUT2D eigenvalue weighted by molar-refractivity contribution is 6.33. The van der Waals surface area contributed by atoms with Crippen molar-refractivity contribution < 1.29 is 18.1 Å². The first-order valence-electron chi connectivity index (χ1n) is 8.34. The lowest BCUT2D eigenvalue weighted by molar-refractivity contribution is -0.384. The van der Waals surface area contributed by atoms with Crippen LogP contribution in [-0.4, -0.2) is 4.92 Å². The Morgan fingerprint density at radius 3 is 2.63 bits per heavy atom. The zero-order chi connectivity index (χ0) is 19.3. The van der Waals surface area contributed by atoms with Gasteiger partial charge in [-0.2, -0.15) is 13.2 Å². The monoisotopic (exact) mass is 394 g/mol. The number of nitro groups is 1. The van der Waals surface area contributed by atoms with E-state index in [9.17, 15) is 23.3 Å². The minimum atomic E-state index is -4.47. The normalized spacial score (nSPS) is 23.5. The molecule has 2 aromatic rings. The number of anilines is 1. The highest BCUT2D eigenvalue weighted by Crippen LogP contribution is 2.53. The number of alkyl halides is 3. The Balaban J connectivity index is 1.86. The Morgan fingerprint density at radius 2 is 1.93 bits per heavy atom. The van der Waals surface area contributed by atoms with Gasteiger partial charge in [-0.3, -0.25) is 10.1 Å². The van der Waals surface area contributed by atoms with Crippen LogP contribution in [0.3, 0.4) is 0 Å². The van der Waals surface area contributed by atoms with Crippen molar-refractivity contribution >= 4 is 23.0 Å². The standard InChI is InChI=1S/C19H14ClF3N2O2/c20-16-9-10(25(26)27)8-14-11-5-3-6-12(11)17(24-18(14)16)13-4-1-2-7-15(13)19(21,22)23/h1-5,7-9,11-12,17,24H,6H2/t11-,12+,17-/m1/s1. The number of rotatable bonds is 2. The van der Waals surface area contributed by atoms with E-state index in [1.807, 2.05) is 12.2 Å². The molecule has 0 aromatic heterocycles. The van der Waals surface area contributed by atoms with Gasteiger partial charge >= 0.3 is 6.18 Å². The van der Waals surface area contributed by atoms with E-state index < -0.39 is 22.7 Å². The first-order chi connectivity index (χ1) is 12.8. The summed E-state index contributed by atoms with van der Waals surface area (Å²) in [7, 11) is 0. The predicted molar refractivity (Wildman–Crippen MR) is 95.9 cm³/mol. The smallest absolute Gasteiger partial charge is 0.376 e. The van der Waals surface area contributed by atoms with E-state index in [4.69, 9.17) is 11.6 Å². The number of hydrogen-bond donors (Lipinski definition) is 1. The van der Waals surface area contributed by atoms with Crippen molar-refractivity contribution in [2.45, 2.75) is 24.6 Å². The van der Waals surface area contributed by atoms with Gasteiger partial charge < -0.3 is 5.32 Å². The molecule has 2 aromatic carbocycles. The summed E-state index contributed by atoms with van der Waals surface area (Å²) in [5, 5.41) is 14.4. The van der Waals surface area contributed by atoms with E-state index in [0.29, 0.717) is 17.7 Å². The topological polar surface area (TPSA) is 55.2 Å². The largest absolute Gasteiger partial charge is 0.416 e. The lowest BCUT2D eigenvalue weighted by atomic mass is 9.76. The zero-order valence-corrected chi connectivity index (χ0v) is 14.6. The Labute approximate surface area is 157 Å². The Hall–Kier alpha value is -2.54. The van der Waals surface area contributed by atoms with Crippen molar-refractivity contribution in [3.8, 4) is 0 Å². The zero-order valence-electron chi connectivity index (χ0n) is 13.8. The molecule has 0 saturated heterocycles. The first-order valence-corrected chi connectivity index (χ1v) is 8.72. The molecular weight excluding hydrogens is 381 g/mol. The molecule has 0 spiro atoms. The quantitative estimate of drug-likeness (QED) is 0.380. The van der Waals surface area contributed by atoms with Crippen molar-refractivity contribution in [3.05, 3.63) is 80.4 Å². The summed E-state index contributed by atoms with van der Waals surface area (Å²) in [6, 6.07) is 7.56. The molecule has 0 bridgehead atoms. The fraction of sp³-hybridized carbons (Fsp3) is 0.263. The third kappa shape index (κ3) is 2.96. The number of non-ortho nitro benzene ring substituents is 1. The van der Waals surface area contributed by atoms with Crippen molar-refractivity contribution in [1.29, 1.82) is 0 Å². The summed E-state index contributed by atoms with van der Waals surface area (Å²) in [5.41, 5.74) is 0.442. The van der Waals surface area contributed by atoms with Gasteiger partial charge in [-0.1, -0.05) is 42.0 Å². The maximum Gasteiger partial charge on any atom is 0.416 e. The molecule has 1 aliphatic carbocycles. The summed E-state index contributed by atoms with van der Waals surface area (Å²) in [6.45, 7) is 0. The van der Waals surface area contributed by atoms with Crippen LogP contribution < -0.4 is 5.32 Å². The van der Waals surface area contributed by atoms with Crippen molar-refractivity contribution in [2.75, 3.05) is 5.32 Å². The van der Waals surface area contributed by atoms with Crippen LogP contribution in [0.4, 0.5) is 24.5 Å². The van der Waals surface area contributed by atoms with Gasteiger partial charge in [-0.05, 0) is 29.5 Å². The van der Waals surface area contributed by atoms with Gasteiger partial charge in [-0.25, -0.2) is 0 Å². The van der Waals surface area contributed by atoms with Crippen molar-refractivity contribution in [2.24, 2.45) is 5.92 Å². The van der Waals surface area contributed by atoms with E-state index in [1.165, 1.54) is 24.3 Å². The molecule has 0 saturated carbocycles. The molecule has 4 rings (SSSR count). The van der Waals surface area contributed by atoms with Gasteiger partial charge in [0.1, 0.15) is 0 Å². The van der Waals surface area contributed by atoms with E-state index in [-0.39, 0.29) is 28.1 Å². The number of allylic oxidation sites excluding steroid dienone is 2. The number of hydrogen-bond acceptors (Lipinski definition) is 3. The lowest BCUT2D eigenvalue weighted by Crippen LogP contribution is -2.31. The Bertz CT molecular complexity index is 958. The van der Waals surface area contributed by atoms with E-state index in [2.05, 4.69) is 5.32 Å². The summed E-state index contributed by atoms with van der Waals surface area (Å²) in [4.78, 5) is 10.6. The van der Waals surface area contributed by atoms with Crippen LogP contribution in [0, 0.1) is 16.0 Å². The molecule has 1 heterocycles. The molecule has 0 radical (unpaired) electrons. The van der Waals surface area contributed by atoms with Crippen molar-refractivity contribution in [1.82, 2.24) is 0 Å². The molecule has 140 valence electrons. The Kier molecular flexibility index (Phi) is 4.14. The summed E-state index contributed by atoms with van der Waals surface area (Å²) < 4.78 is 40.6. The molecular formula is C19H14ClF3N2O2. The van der Waals surface area contributed by atoms with Crippen LogP contribution in [0.25, 0.3) is 0 Å². The highest BCUT2D eigenvalue weighted by atomic mass is 35.5. The van der Waals surface area contributed by atoms with Crippen molar-refractivity contribution in [3.63, 3.8) is 0 Å². The summed E-state index contributed by atoms with van der Waals surface area (Å²) >= 11 is 6.25. The van der Waals surface area contributed by atoms with Gasteiger partial charge in [0.05, 0.1) is 27.2 Å². The Morgan fingerprint density at radius 1 is 1.19 bits per heavy atom. The van der Waals surface area contributed by atoms with Gasteiger partial charge in [-0.15, -0.1) is 0 Å². The molecule has 8 heteroatoms. The SMILES string of the molecule is O=[N+]([O-])c1cc(Cl)c2c(c1)[C@@H]1C=CC[C@@H]1[C@H](c1ccccc1C(F)(F)F)N2. The number of fused-ring (bicyclic) bond motifs is 3. The van der Waals surface area contributed by atoms with Gasteiger partial charge in [0, 0.05) is 18.1 Å². The number of nitrogens with one attached hydrogen (secondary N) is 1. The van der Waals surface area contributed by atoms with Crippen LogP contribution in [0.5, 0.6) is 0 Å². The van der Waals surface area contributed by atoms with E-state index in [1.54, 1.807) is 6.07 Å². The number of benzene rings is 2. The van der Waals surface area contributed by atoms with E-state index >= 15 is 0 Å². The average molecular weight is 395 g/mol. The molecule has 3 atom stereocenters. The molecule has 1 aliphatic heterocycles. The van der Waals surface area contributed by atoms with Crippen LogP contribution in [-0.2, 0) is 6.18 Å². The van der Waals surface area contributed by atoms with Crippen LogP contribution in [0.15, 0.2) is 48.6 Å². The minimum absolute atomic E-state index is 0.131. The second-order valence-corrected chi connectivity index (χ2v) is 7.12. The van der Waals surface area contributed by atoms with Crippen LogP contribution in [0.1, 0.15) is 35.1 Å². The first kappa shape index (κ1) is 17.9. The average Bonchev–Trinajstić information content (AvgIpc) is 3.10. The molecule has 0 fully saturated rings. The number of nitro benzene ring substituents is 1. The minimum Gasteiger partial charge on any atom is -0.376 e. The lowest BCUT2D eigenvalue weighted by Gasteiger charge is -2.38. The fourth-order valence-electron chi connectivity index (χ4n) is 4.08. The van der Waals surface area contributed by atoms with E-state index in [0.717, 1.165) is 6.07 Å². The maximum absolute atomic E-state index is 13.5. The molecule has 27 heavy (non-hydrogen) atoms. The molecule has 1 N–H and O–H groups in total. The number of halogens is 4. The molecule has 0 amide bonds. The maximum atomic E-state index is 13.5. The van der Waals surface area contributed by atoms with Gasteiger partial charge in [0.15, 0.2) is 0 Å². The third-order valence-electron chi connectivity index (χ3n) is 5.22. The second kappa shape index (κ2) is 6.27. The fourth-order valence-corrected chi connectivity index (χ4v) is 4.36. The highest BCUT2D eigenvalue weighted by Gasteiger charge is 2.43. The summed E-state index contributed by atoms with van der Waals surface area (Å²) in [6.07, 6.45) is -0.0940. The third-order valence-corrected chi connectivity index (χ3v) is 5.52. The van der Waals surface area contributed by atoms with Gasteiger partial charge in [0.2, 0.25) is 0 Å². The van der Waals surface area contributed by atoms with Crippen LogP contribution in [0.2, 0.25) is 5.02 Å². The van der Waals surface area contributed by atoms with Gasteiger partial charge in [0.25, 0.3) is 5.69 Å². The predicted octanol–water partition coefficient (Wildman–Crippen LogP) is 6.09.